The smallest absolute Gasteiger partial charge is 0.251 e. The Morgan fingerprint density at radius 3 is 0.717 bits per heavy atom. The number of nitriles is 3. The normalized spacial score (nSPS) is 11.2. The van der Waals surface area contributed by atoms with Gasteiger partial charge < -0.3 is 14.2 Å². The minimum Gasteiger partial charge on any atom is -0.476 e. The molecule has 0 aliphatic heterocycles. The van der Waals surface area contributed by atoms with E-state index in [1.54, 1.807) is 0 Å². The lowest BCUT2D eigenvalue weighted by molar-refractivity contribution is 0.291. The largest absolute Gasteiger partial charge is 0.476 e. The van der Waals surface area contributed by atoms with Crippen molar-refractivity contribution in [2.45, 2.75) is 194 Å². The number of hydrogen-bond donors (Lipinski definition) is 0. The van der Waals surface area contributed by atoms with Gasteiger partial charge in [-0.05, 0) is 19.3 Å². The van der Waals surface area contributed by atoms with Gasteiger partial charge in [-0.15, -0.1) is 0 Å². The molecule has 0 spiro atoms. The molecule has 3 heterocycles. The van der Waals surface area contributed by atoms with Crippen molar-refractivity contribution in [2.75, 3.05) is 19.8 Å². The first-order valence-corrected chi connectivity index (χ1v) is 23.5. The van der Waals surface area contributed by atoms with Crippen LogP contribution in [-0.4, -0.2) is 49.7 Å². The molecule has 0 amide bonds. The maximum atomic E-state index is 10.2. The van der Waals surface area contributed by atoms with E-state index in [-0.39, 0.29) is 67.8 Å². The van der Waals surface area contributed by atoms with Gasteiger partial charge in [0.1, 0.15) is 51.3 Å². The monoisotopic (exact) mass is 820 g/mol. The molecule has 12 heteroatoms. The van der Waals surface area contributed by atoms with E-state index in [2.05, 4.69) is 39.0 Å². The predicted octanol–water partition coefficient (Wildman–Crippen LogP) is 12.9. The van der Waals surface area contributed by atoms with Crippen LogP contribution in [0.2, 0.25) is 0 Å². The first kappa shape index (κ1) is 47.8. The highest BCUT2D eigenvalue weighted by molar-refractivity contribution is 6.18. The summed E-state index contributed by atoms with van der Waals surface area (Å²) >= 11 is 0. The first-order valence-electron chi connectivity index (χ1n) is 23.5. The fourth-order valence-corrected chi connectivity index (χ4v) is 7.52. The third-order valence-corrected chi connectivity index (χ3v) is 11.0. The summed E-state index contributed by atoms with van der Waals surface area (Å²) in [5.74, 6) is 0.249. The summed E-state index contributed by atoms with van der Waals surface area (Å²) in [4.78, 5) is 28.5. The zero-order valence-electron chi connectivity index (χ0n) is 37.0. The second-order valence-corrected chi connectivity index (χ2v) is 16.1. The molecule has 0 atom stereocenters. The van der Waals surface area contributed by atoms with Crippen LogP contribution in [0.5, 0.6) is 17.6 Å². The lowest BCUT2D eigenvalue weighted by Crippen LogP contribution is -2.08. The topological polar surface area (TPSA) is 176 Å². The Kier molecular flexibility index (Phi) is 22.7. The summed E-state index contributed by atoms with van der Waals surface area (Å²) in [6.45, 7) is 7.83. The fourth-order valence-electron chi connectivity index (χ4n) is 7.52. The van der Waals surface area contributed by atoms with Gasteiger partial charge in [-0.3, -0.25) is 0 Å². The second kappa shape index (κ2) is 28.6. The summed E-state index contributed by atoms with van der Waals surface area (Å²) in [6, 6.07) is 6.42. The quantitative estimate of drug-likeness (QED) is 0.0329. The molecule has 0 aliphatic carbocycles. The van der Waals surface area contributed by atoms with Crippen molar-refractivity contribution < 1.29 is 14.2 Å². The Labute approximate surface area is 358 Å². The molecule has 12 nitrogen and oxygen atoms in total. The Balaban J connectivity index is 1.59. The van der Waals surface area contributed by atoms with Crippen LogP contribution in [0.4, 0.5) is 0 Å². The lowest BCUT2D eigenvalue weighted by Gasteiger charge is -2.14. The summed E-state index contributed by atoms with van der Waals surface area (Å²) in [7, 11) is 0. The van der Waals surface area contributed by atoms with E-state index in [1.165, 1.54) is 116 Å². The Morgan fingerprint density at radius 2 is 0.500 bits per heavy atom. The molecule has 0 aliphatic rings. The Morgan fingerprint density at radius 1 is 0.300 bits per heavy atom. The highest BCUT2D eigenvalue weighted by atomic mass is 16.5. The molecule has 4 rings (SSSR count). The van der Waals surface area contributed by atoms with Crippen LogP contribution >= 0.6 is 0 Å². The average Bonchev–Trinajstić information content (AvgIpc) is 3.27. The standard InChI is InChI=1S/C48H69N9O3/c1-4-7-10-13-16-19-22-25-28-31-58-46-37(34-49)52-40-43(55-46)41-45(57-47(38(35-50)53-41)59-32-29-26-23-20-17-14-11-8-5-2)42-44(40)56-48(39(36-51)54-42)60-33-30-27-24-21-18-15-12-9-6-3/h4-33H2,1-3H3. The number of aromatic nitrogens is 6. The van der Waals surface area contributed by atoms with Crippen molar-refractivity contribution in [1.29, 1.82) is 15.8 Å². The van der Waals surface area contributed by atoms with Crippen LogP contribution in [0.15, 0.2) is 0 Å². The molecule has 0 radical (unpaired) electrons. The number of fused-ring (bicyclic) bond motifs is 6. The molecule has 0 saturated heterocycles. The van der Waals surface area contributed by atoms with Crippen LogP contribution < -0.4 is 14.2 Å². The van der Waals surface area contributed by atoms with Gasteiger partial charge in [-0.25, -0.2) is 29.9 Å². The summed E-state index contributed by atoms with van der Waals surface area (Å²) in [5.41, 5.74) is 1.47. The van der Waals surface area contributed by atoms with Crippen molar-refractivity contribution in [3.63, 3.8) is 0 Å². The molecule has 0 unspecified atom stereocenters. The van der Waals surface area contributed by atoms with Gasteiger partial charge >= 0.3 is 0 Å². The van der Waals surface area contributed by atoms with E-state index in [9.17, 15) is 15.8 Å². The number of benzene rings is 1. The van der Waals surface area contributed by atoms with E-state index >= 15 is 0 Å². The predicted molar refractivity (Wildman–Crippen MR) is 238 cm³/mol. The van der Waals surface area contributed by atoms with Crippen LogP contribution in [0.25, 0.3) is 33.1 Å². The number of ether oxygens (including phenoxy) is 3. The minimum atomic E-state index is -0.00299. The zero-order chi connectivity index (χ0) is 42.6. The van der Waals surface area contributed by atoms with Crippen molar-refractivity contribution in [1.82, 2.24) is 29.9 Å². The fraction of sp³-hybridized carbons (Fsp3) is 0.688. The highest BCUT2D eigenvalue weighted by Crippen LogP contribution is 2.35. The van der Waals surface area contributed by atoms with E-state index in [0.29, 0.717) is 19.8 Å². The van der Waals surface area contributed by atoms with Gasteiger partial charge in [-0.1, -0.05) is 175 Å². The number of unbranched alkanes of at least 4 members (excludes halogenated alkanes) is 24. The highest BCUT2D eigenvalue weighted by Gasteiger charge is 2.24. The molecular weight excluding hydrogens is 751 g/mol. The summed E-state index contributed by atoms with van der Waals surface area (Å²) < 4.78 is 18.3. The van der Waals surface area contributed by atoms with Gasteiger partial charge in [0, 0.05) is 0 Å². The summed E-state index contributed by atoms with van der Waals surface area (Å²) in [6.07, 6.45) is 31.6. The van der Waals surface area contributed by atoms with Crippen LogP contribution in [0.3, 0.4) is 0 Å². The van der Waals surface area contributed by atoms with E-state index in [0.717, 1.165) is 57.8 Å². The van der Waals surface area contributed by atoms with Crippen molar-refractivity contribution in [3.05, 3.63) is 17.1 Å². The lowest BCUT2D eigenvalue weighted by atomic mass is 10.1. The Bertz CT molecular complexity index is 1760. The van der Waals surface area contributed by atoms with Gasteiger partial charge in [0.15, 0.2) is 0 Å². The molecule has 0 fully saturated rings. The van der Waals surface area contributed by atoms with Crippen LogP contribution in [-0.2, 0) is 0 Å². The number of nitrogens with zero attached hydrogens (tertiary/aromatic N) is 9. The average molecular weight is 820 g/mol. The number of hydrogen-bond acceptors (Lipinski definition) is 12. The van der Waals surface area contributed by atoms with E-state index < -0.39 is 0 Å². The molecule has 3 aromatic heterocycles. The first-order chi connectivity index (χ1) is 29.6. The van der Waals surface area contributed by atoms with Gasteiger partial charge in [0.2, 0.25) is 17.1 Å². The molecular formula is C48H69N9O3. The molecule has 324 valence electrons. The van der Waals surface area contributed by atoms with Gasteiger partial charge in [0.25, 0.3) is 17.6 Å². The molecule has 0 saturated carbocycles. The molecule has 1 aromatic carbocycles. The summed E-state index contributed by atoms with van der Waals surface area (Å²) in [5, 5.41) is 30.6. The minimum absolute atomic E-state index is 0.00299. The SMILES string of the molecule is CCCCCCCCCCCOc1nc2c(nc1C#N)c1nc(OCCCCCCCCCCC)c(C#N)nc1c1nc(OCCCCCCCCCCC)c(C#N)nc21. The van der Waals surface area contributed by atoms with Crippen LogP contribution in [0.1, 0.15) is 211 Å². The zero-order valence-corrected chi connectivity index (χ0v) is 37.0. The van der Waals surface area contributed by atoms with Crippen molar-refractivity contribution in [2.24, 2.45) is 0 Å². The molecule has 4 aromatic rings. The van der Waals surface area contributed by atoms with Crippen molar-refractivity contribution >= 4 is 33.1 Å². The van der Waals surface area contributed by atoms with Crippen molar-refractivity contribution in [3.8, 4) is 35.8 Å². The Hall–Kier alpha value is -4.89. The second-order valence-electron chi connectivity index (χ2n) is 16.1. The molecule has 0 N–H and O–H groups in total. The maximum absolute atomic E-state index is 10.2. The van der Waals surface area contributed by atoms with Crippen LogP contribution in [0, 0.1) is 34.0 Å². The molecule has 60 heavy (non-hydrogen) atoms. The third-order valence-electron chi connectivity index (χ3n) is 11.0. The molecule has 0 bridgehead atoms. The van der Waals surface area contributed by atoms with Gasteiger partial charge in [0.05, 0.1) is 19.8 Å². The maximum Gasteiger partial charge on any atom is 0.251 e. The van der Waals surface area contributed by atoms with E-state index in [4.69, 9.17) is 44.1 Å². The van der Waals surface area contributed by atoms with Gasteiger partial charge in [-0.2, -0.15) is 15.8 Å². The third kappa shape index (κ3) is 15.3. The number of rotatable bonds is 33. The van der Waals surface area contributed by atoms with E-state index in [1.807, 2.05) is 0 Å².